The van der Waals surface area contributed by atoms with E-state index >= 15 is 0 Å². The van der Waals surface area contributed by atoms with Crippen LogP contribution in [0.5, 0.6) is 0 Å². The van der Waals surface area contributed by atoms with Crippen molar-refractivity contribution in [3.05, 3.63) is 48.0 Å². The molecule has 0 heterocycles. The predicted octanol–water partition coefficient (Wildman–Crippen LogP) is 3.17. The molecule has 1 aliphatic rings. The van der Waals surface area contributed by atoms with Gasteiger partial charge in [-0.1, -0.05) is 56.3 Å². The first-order valence-electron chi connectivity index (χ1n) is 8.00. The maximum absolute atomic E-state index is 12.4. The lowest BCUT2D eigenvalue weighted by Gasteiger charge is -2.18. The fourth-order valence-electron chi connectivity index (χ4n) is 3.18. The third kappa shape index (κ3) is 3.07. The van der Waals surface area contributed by atoms with Crippen LogP contribution in [0, 0.1) is 11.8 Å². The van der Waals surface area contributed by atoms with Crippen LogP contribution in [0.2, 0.25) is 0 Å². The number of amides is 1. The predicted molar refractivity (Wildman–Crippen MR) is 89.2 cm³/mol. The minimum atomic E-state index is -0.976. The van der Waals surface area contributed by atoms with E-state index in [-0.39, 0.29) is 23.7 Å². The highest BCUT2D eigenvalue weighted by Crippen LogP contribution is 2.49. The van der Waals surface area contributed by atoms with Gasteiger partial charge in [0.05, 0.1) is 0 Å². The van der Waals surface area contributed by atoms with Gasteiger partial charge >= 0.3 is 5.97 Å². The highest BCUT2D eigenvalue weighted by Gasteiger charge is 2.45. The Balaban J connectivity index is 1.76. The Morgan fingerprint density at radius 1 is 1.13 bits per heavy atom. The van der Waals surface area contributed by atoms with Gasteiger partial charge in [-0.3, -0.25) is 4.79 Å². The first-order chi connectivity index (χ1) is 11.0. The van der Waals surface area contributed by atoms with Crippen LogP contribution in [-0.2, 0) is 9.59 Å². The van der Waals surface area contributed by atoms with E-state index in [1.54, 1.807) is 13.8 Å². The van der Waals surface area contributed by atoms with Gasteiger partial charge in [-0.25, -0.2) is 4.79 Å². The van der Waals surface area contributed by atoms with Crippen molar-refractivity contribution in [1.29, 1.82) is 0 Å². The summed E-state index contributed by atoms with van der Waals surface area (Å²) in [5, 5.41) is 14.2. The van der Waals surface area contributed by atoms with E-state index in [0.29, 0.717) is 0 Å². The molecule has 2 aromatic rings. The van der Waals surface area contributed by atoms with E-state index in [0.717, 1.165) is 6.42 Å². The van der Waals surface area contributed by atoms with E-state index in [1.807, 2.05) is 18.2 Å². The molecule has 1 amide bonds. The van der Waals surface area contributed by atoms with Crippen LogP contribution < -0.4 is 5.32 Å². The lowest BCUT2D eigenvalue weighted by molar-refractivity contribution is -0.143. The number of carbonyl (C=O) groups is 2. The SMILES string of the molecule is CC(C)[C@@H](NC(=O)C1CC1c1cccc2ccccc12)C(=O)O. The molecule has 3 atom stereocenters. The number of hydrogen-bond acceptors (Lipinski definition) is 2. The highest BCUT2D eigenvalue weighted by molar-refractivity contribution is 5.91. The number of hydrogen-bond donors (Lipinski definition) is 2. The van der Waals surface area contributed by atoms with Crippen molar-refractivity contribution >= 4 is 22.6 Å². The summed E-state index contributed by atoms with van der Waals surface area (Å²) in [7, 11) is 0. The average Bonchev–Trinajstić information content (AvgIpc) is 3.31. The summed E-state index contributed by atoms with van der Waals surface area (Å²) in [6.45, 7) is 3.60. The zero-order valence-electron chi connectivity index (χ0n) is 13.3. The van der Waals surface area contributed by atoms with E-state index in [4.69, 9.17) is 0 Å². The molecule has 2 aromatic carbocycles. The molecule has 4 nitrogen and oxygen atoms in total. The molecule has 1 aliphatic carbocycles. The lowest BCUT2D eigenvalue weighted by Crippen LogP contribution is -2.45. The molecular weight excluding hydrogens is 290 g/mol. The molecule has 120 valence electrons. The summed E-state index contributed by atoms with van der Waals surface area (Å²) in [6, 6.07) is 13.5. The van der Waals surface area contributed by atoms with E-state index < -0.39 is 12.0 Å². The Bertz CT molecular complexity index is 748. The second kappa shape index (κ2) is 6.03. The summed E-state index contributed by atoms with van der Waals surface area (Å²) in [4.78, 5) is 23.6. The van der Waals surface area contributed by atoms with E-state index in [1.165, 1.54) is 16.3 Å². The lowest BCUT2D eigenvalue weighted by atomic mass is 9.99. The molecule has 1 fully saturated rings. The fourth-order valence-corrected chi connectivity index (χ4v) is 3.18. The highest BCUT2D eigenvalue weighted by atomic mass is 16.4. The summed E-state index contributed by atoms with van der Waals surface area (Å²) in [5.74, 6) is -1.20. The molecule has 0 bridgehead atoms. The molecule has 1 saturated carbocycles. The van der Waals surface area contributed by atoms with Crippen molar-refractivity contribution in [2.45, 2.75) is 32.2 Å². The number of aliphatic carboxylic acids is 1. The number of fused-ring (bicyclic) bond motifs is 1. The van der Waals surface area contributed by atoms with Crippen LogP contribution in [0.15, 0.2) is 42.5 Å². The van der Waals surface area contributed by atoms with Gasteiger partial charge in [0.1, 0.15) is 6.04 Å². The molecule has 3 rings (SSSR count). The molecule has 2 unspecified atom stereocenters. The molecule has 23 heavy (non-hydrogen) atoms. The first kappa shape index (κ1) is 15.5. The number of carboxylic acids is 1. The van der Waals surface area contributed by atoms with Gasteiger partial charge in [0, 0.05) is 5.92 Å². The molecule has 0 saturated heterocycles. The van der Waals surface area contributed by atoms with Gasteiger partial charge < -0.3 is 10.4 Å². The van der Waals surface area contributed by atoms with Crippen LogP contribution in [-0.4, -0.2) is 23.0 Å². The molecule has 0 aliphatic heterocycles. The molecule has 0 spiro atoms. The monoisotopic (exact) mass is 311 g/mol. The minimum absolute atomic E-state index is 0.124. The molecule has 0 radical (unpaired) electrons. The third-order valence-corrected chi connectivity index (χ3v) is 4.58. The van der Waals surface area contributed by atoms with Crippen molar-refractivity contribution in [3.8, 4) is 0 Å². The Labute approximate surface area is 135 Å². The van der Waals surface area contributed by atoms with E-state index in [9.17, 15) is 14.7 Å². The zero-order valence-corrected chi connectivity index (χ0v) is 13.3. The quantitative estimate of drug-likeness (QED) is 0.891. The van der Waals surface area contributed by atoms with Crippen molar-refractivity contribution in [2.24, 2.45) is 11.8 Å². The topological polar surface area (TPSA) is 66.4 Å². The van der Waals surface area contributed by atoms with Gasteiger partial charge in [-0.15, -0.1) is 0 Å². The number of rotatable bonds is 5. The Hall–Kier alpha value is -2.36. The smallest absolute Gasteiger partial charge is 0.326 e. The maximum atomic E-state index is 12.4. The van der Waals surface area contributed by atoms with Crippen LogP contribution >= 0.6 is 0 Å². The Morgan fingerprint density at radius 3 is 2.52 bits per heavy atom. The van der Waals surface area contributed by atoms with Gasteiger partial charge in [-0.05, 0) is 34.6 Å². The first-order valence-corrected chi connectivity index (χ1v) is 8.00. The summed E-state index contributed by atoms with van der Waals surface area (Å²) < 4.78 is 0. The van der Waals surface area contributed by atoms with Gasteiger partial charge in [0.2, 0.25) is 5.91 Å². The molecule has 2 N–H and O–H groups in total. The van der Waals surface area contributed by atoms with Crippen LogP contribution in [0.3, 0.4) is 0 Å². The zero-order chi connectivity index (χ0) is 16.6. The number of carboxylic acid groups (broad SMARTS) is 1. The van der Waals surface area contributed by atoms with E-state index in [2.05, 4.69) is 29.6 Å². The molecular formula is C19H21NO3. The second-order valence-corrected chi connectivity index (χ2v) is 6.59. The summed E-state index contributed by atoms with van der Waals surface area (Å²) in [5.41, 5.74) is 1.18. The number of carbonyl (C=O) groups excluding carboxylic acids is 1. The largest absolute Gasteiger partial charge is 0.480 e. The third-order valence-electron chi connectivity index (χ3n) is 4.58. The fraction of sp³-hybridized carbons (Fsp3) is 0.368. The molecule has 4 heteroatoms. The normalized spacial score (nSPS) is 21.2. The average molecular weight is 311 g/mol. The van der Waals surface area contributed by atoms with Gasteiger partial charge in [-0.2, -0.15) is 0 Å². The Morgan fingerprint density at radius 2 is 1.83 bits per heavy atom. The standard InChI is InChI=1S/C19H21NO3/c1-11(2)17(19(22)23)20-18(21)16-10-15(16)14-9-5-7-12-6-3-4-8-13(12)14/h3-9,11,15-17H,10H2,1-2H3,(H,20,21)(H,22,23)/t15?,16?,17-/m1/s1. The van der Waals surface area contributed by atoms with Crippen molar-refractivity contribution in [3.63, 3.8) is 0 Å². The van der Waals surface area contributed by atoms with Crippen molar-refractivity contribution in [2.75, 3.05) is 0 Å². The molecule has 0 aromatic heterocycles. The summed E-state index contributed by atoms with van der Waals surface area (Å²) in [6.07, 6.45) is 0.782. The minimum Gasteiger partial charge on any atom is -0.480 e. The second-order valence-electron chi connectivity index (χ2n) is 6.59. The Kier molecular flexibility index (Phi) is 4.07. The summed E-state index contributed by atoms with van der Waals surface area (Å²) >= 11 is 0. The van der Waals surface area contributed by atoms with Crippen LogP contribution in [0.1, 0.15) is 31.7 Å². The van der Waals surface area contributed by atoms with Gasteiger partial charge in [0.25, 0.3) is 0 Å². The van der Waals surface area contributed by atoms with Crippen LogP contribution in [0.25, 0.3) is 10.8 Å². The maximum Gasteiger partial charge on any atom is 0.326 e. The van der Waals surface area contributed by atoms with Crippen molar-refractivity contribution < 1.29 is 14.7 Å². The van der Waals surface area contributed by atoms with Crippen LogP contribution in [0.4, 0.5) is 0 Å². The van der Waals surface area contributed by atoms with Gasteiger partial charge in [0.15, 0.2) is 0 Å². The van der Waals surface area contributed by atoms with Crippen molar-refractivity contribution in [1.82, 2.24) is 5.32 Å². The number of benzene rings is 2. The number of nitrogens with one attached hydrogen (secondary N) is 1.